The molecule has 104 valence electrons. The van der Waals surface area contributed by atoms with E-state index in [1.165, 1.54) is 5.56 Å². The number of hydrogen-bond donors (Lipinski definition) is 1. The van der Waals surface area contributed by atoms with Gasteiger partial charge in [0.1, 0.15) is 12.4 Å². The smallest absolute Gasteiger partial charge is 0.252 e. The summed E-state index contributed by atoms with van der Waals surface area (Å²) in [6, 6.07) is 15.2. The zero-order valence-electron chi connectivity index (χ0n) is 11.2. The summed E-state index contributed by atoms with van der Waals surface area (Å²) in [7, 11) is 0. The van der Waals surface area contributed by atoms with Crippen LogP contribution in [0.25, 0.3) is 0 Å². The first-order valence-electron chi connectivity index (χ1n) is 6.39. The highest BCUT2D eigenvalue weighted by molar-refractivity contribution is 9.10. The van der Waals surface area contributed by atoms with Crippen LogP contribution in [-0.4, -0.2) is 19.1 Å². The zero-order valence-corrected chi connectivity index (χ0v) is 12.8. The number of ether oxygens (including phenoxy) is 1. The van der Waals surface area contributed by atoms with Crippen molar-refractivity contribution < 1.29 is 9.53 Å². The molecule has 20 heavy (non-hydrogen) atoms. The van der Waals surface area contributed by atoms with E-state index >= 15 is 0 Å². The van der Waals surface area contributed by atoms with Gasteiger partial charge in [-0.15, -0.1) is 0 Å². The molecule has 2 aromatic carbocycles. The van der Waals surface area contributed by atoms with Crippen LogP contribution in [0.15, 0.2) is 53.0 Å². The molecule has 3 nitrogen and oxygen atoms in total. The van der Waals surface area contributed by atoms with Gasteiger partial charge in [0.25, 0.3) is 5.91 Å². The summed E-state index contributed by atoms with van der Waals surface area (Å²) < 4.78 is 6.34. The second kappa shape index (κ2) is 7.10. The molecule has 0 fully saturated rings. The number of carbonyl (C=O) groups excluding carboxylic acids is 1. The van der Waals surface area contributed by atoms with Crippen molar-refractivity contribution in [2.24, 2.45) is 0 Å². The fraction of sp³-hybridized carbons (Fsp3) is 0.188. The first-order valence-corrected chi connectivity index (χ1v) is 7.18. The van der Waals surface area contributed by atoms with E-state index in [1.807, 2.05) is 49.4 Å². The van der Waals surface area contributed by atoms with Gasteiger partial charge in [0.2, 0.25) is 0 Å². The van der Waals surface area contributed by atoms with Crippen LogP contribution in [0.3, 0.4) is 0 Å². The molecule has 0 aromatic heterocycles. The van der Waals surface area contributed by atoms with Gasteiger partial charge in [-0.25, -0.2) is 0 Å². The largest absolute Gasteiger partial charge is 0.492 e. The third kappa shape index (κ3) is 4.10. The zero-order chi connectivity index (χ0) is 14.4. The van der Waals surface area contributed by atoms with Crippen LogP contribution >= 0.6 is 15.9 Å². The molecular weight excluding hydrogens is 318 g/mol. The maximum atomic E-state index is 11.9. The highest BCUT2D eigenvalue weighted by atomic mass is 79.9. The molecular formula is C16H16BrNO2. The Labute approximate surface area is 127 Å². The summed E-state index contributed by atoms with van der Waals surface area (Å²) in [5.41, 5.74) is 1.82. The van der Waals surface area contributed by atoms with Crippen molar-refractivity contribution in [3.63, 3.8) is 0 Å². The van der Waals surface area contributed by atoms with E-state index in [-0.39, 0.29) is 5.91 Å². The van der Waals surface area contributed by atoms with Gasteiger partial charge in [0.05, 0.1) is 12.1 Å². The Morgan fingerprint density at radius 2 is 1.85 bits per heavy atom. The van der Waals surface area contributed by atoms with Crippen LogP contribution in [0.2, 0.25) is 0 Å². The number of rotatable bonds is 5. The average Bonchev–Trinajstić information content (AvgIpc) is 2.46. The summed E-state index contributed by atoms with van der Waals surface area (Å²) in [4.78, 5) is 11.9. The van der Waals surface area contributed by atoms with Crippen molar-refractivity contribution in [1.82, 2.24) is 5.32 Å². The molecule has 0 aliphatic heterocycles. The summed E-state index contributed by atoms with van der Waals surface area (Å²) in [6.45, 7) is 2.94. The van der Waals surface area contributed by atoms with Gasteiger partial charge in [-0.05, 0) is 47.1 Å². The monoisotopic (exact) mass is 333 g/mol. The number of carbonyl (C=O) groups is 1. The highest BCUT2D eigenvalue weighted by Gasteiger charge is 2.07. The summed E-state index contributed by atoms with van der Waals surface area (Å²) in [6.07, 6.45) is 0. The molecule has 0 radical (unpaired) electrons. The second-order valence-electron chi connectivity index (χ2n) is 4.40. The molecule has 4 heteroatoms. The Kier molecular flexibility index (Phi) is 5.18. The molecule has 1 N–H and O–H groups in total. The lowest BCUT2D eigenvalue weighted by Crippen LogP contribution is -2.28. The minimum absolute atomic E-state index is 0.106. The third-order valence-electron chi connectivity index (χ3n) is 2.80. The van der Waals surface area contributed by atoms with Crippen molar-refractivity contribution >= 4 is 21.8 Å². The Morgan fingerprint density at radius 3 is 2.55 bits per heavy atom. The van der Waals surface area contributed by atoms with Crippen LogP contribution in [0.4, 0.5) is 0 Å². The van der Waals surface area contributed by atoms with E-state index in [2.05, 4.69) is 21.2 Å². The fourth-order valence-electron chi connectivity index (χ4n) is 1.71. The van der Waals surface area contributed by atoms with E-state index in [4.69, 9.17) is 4.74 Å². The lowest BCUT2D eigenvalue weighted by molar-refractivity contribution is 0.0946. The fourth-order valence-corrected chi connectivity index (χ4v) is 2.17. The molecule has 0 saturated heterocycles. The normalized spacial score (nSPS) is 10.1. The number of halogens is 1. The van der Waals surface area contributed by atoms with Gasteiger partial charge in [0.15, 0.2) is 0 Å². The lowest BCUT2D eigenvalue weighted by atomic mass is 10.2. The van der Waals surface area contributed by atoms with Crippen molar-refractivity contribution in [3.05, 3.63) is 64.1 Å². The quantitative estimate of drug-likeness (QED) is 0.849. The lowest BCUT2D eigenvalue weighted by Gasteiger charge is -2.08. The van der Waals surface area contributed by atoms with E-state index < -0.39 is 0 Å². The van der Waals surface area contributed by atoms with Crippen LogP contribution in [0, 0.1) is 6.92 Å². The van der Waals surface area contributed by atoms with E-state index in [1.54, 1.807) is 6.07 Å². The van der Waals surface area contributed by atoms with Crippen molar-refractivity contribution in [1.29, 1.82) is 0 Å². The van der Waals surface area contributed by atoms with Gasteiger partial charge in [0, 0.05) is 4.47 Å². The van der Waals surface area contributed by atoms with Crippen LogP contribution in [-0.2, 0) is 0 Å². The summed E-state index contributed by atoms with van der Waals surface area (Å²) in [5.74, 6) is 0.704. The molecule has 0 spiro atoms. The number of benzene rings is 2. The molecule has 2 rings (SSSR count). The molecule has 0 bridgehead atoms. The molecule has 2 aromatic rings. The van der Waals surface area contributed by atoms with Gasteiger partial charge in [-0.3, -0.25) is 4.79 Å². The van der Waals surface area contributed by atoms with Crippen molar-refractivity contribution in [3.8, 4) is 5.75 Å². The third-order valence-corrected chi connectivity index (χ3v) is 3.49. The van der Waals surface area contributed by atoms with Crippen LogP contribution in [0.5, 0.6) is 5.75 Å². The van der Waals surface area contributed by atoms with E-state index in [0.717, 1.165) is 10.2 Å². The number of hydrogen-bond acceptors (Lipinski definition) is 2. The first kappa shape index (κ1) is 14.6. The molecule has 0 atom stereocenters. The van der Waals surface area contributed by atoms with Crippen LogP contribution in [0.1, 0.15) is 15.9 Å². The van der Waals surface area contributed by atoms with Crippen molar-refractivity contribution in [2.75, 3.05) is 13.2 Å². The molecule has 0 unspecified atom stereocenters. The maximum absolute atomic E-state index is 11.9. The molecule has 0 saturated carbocycles. The molecule has 1 amide bonds. The summed E-state index contributed by atoms with van der Waals surface area (Å²) >= 11 is 3.36. The minimum Gasteiger partial charge on any atom is -0.492 e. The Hall–Kier alpha value is -1.81. The predicted molar refractivity (Wildman–Crippen MR) is 83.1 cm³/mol. The first-order chi connectivity index (χ1) is 9.66. The number of amides is 1. The second-order valence-corrected chi connectivity index (χ2v) is 5.25. The van der Waals surface area contributed by atoms with Crippen LogP contribution < -0.4 is 10.1 Å². The van der Waals surface area contributed by atoms with Gasteiger partial charge < -0.3 is 10.1 Å². The Balaban J connectivity index is 1.77. The predicted octanol–water partition coefficient (Wildman–Crippen LogP) is 3.57. The number of aryl methyl sites for hydroxylation is 1. The van der Waals surface area contributed by atoms with Gasteiger partial charge in [-0.2, -0.15) is 0 Å². The SMILES string of the molecule is Cc1ccc(OCCNC(=O)c2ccccc2Br)cc1. The Morgan fingerprint density at radius 1 is 1.15 bits per heavy atom. The van der Waals surface area contributed by atoms with E-state index in [0.29, 0.717) is 18.7 Å². The van der Waals surface area contributed by atoms with Gasteiger partial charge in [-0.1, -0.05) is 29.8 Å². The topological polar surface area (TPSA) is 38.3 Å². The summed E-state index contributed by atoms with van der Waals surface area (Å²) in [5, 5.41) is 2.83. The molecule has 0 aliphatic carbocycles. The number of nitrogens with one attached hydrogen (secondary N) is 1. The van der Waals surface area contributed by atoms with Gasteiger partial charge >= 0.3 is 0 Å². The maximum Gasteiger partial charge on any atom is 0.252 e. The molecule has 0 aliphatic rings. The average molecular weight is 334 g/mol. The van der Waals surface area contributed by atoms with Crippen molar-refractivity contribution in [2.45, 2.75) is 6.92 Å². The standard InChI is InChI=1S/C16H16BrNO2/c1-12-6-8-13(9-7-12)20-11-10-18-16(19)14-4-2-3-5-15(14)17/h2-9H,10-11H2,1H3,(H,18,19). The minimum atomic E-state index is -0.106. The Bertz CT molecular complexity index is 581. The van der Waals surface area contributed by atoms with E-state index in [9.17, 15) is 4.79 Å². The molecule has 0 heterocycles. The highest BCUT2D eigenvalue weighted by Crippen LogP contribution is 2.15.